The third kappa shape index (κ3) is 3.78. The lowest BCUT2D eigenvalue weighted by molar-refractivity contribution is -0.151. The van der Waals surface area contributed by atoms with Gasteiger partial charge in [-0.1, -0.05) is 6.92 Å². The molecule has 0 aromatic carbocycles. The predicted octanol–water partition coefficient (Wildman–Crippen LogP) is 1.15. The first-order valence-corrected chi connectivity index (χ1v) is 15.2. The fourth-order valence-corrected chi connectivity index (χ4v) is 13.3. The SMILES string of the molecule is CCC(=O)N1C(=O)CC([Si](C)(C)O[Si](C)(C)C2CC(=O)N(C(C)=O)C2=O)C1=O. The summed E-state index contributed by atoms with van der Waals surface area (Å²) >= 11 is 0. The normalized spacial score (nSPS) is 23.8. The molecule has 2 heterocycles. The highest BCUT2D eigenvalue weighted by Gasteiger charge is 2.56. The topological polar surface area (TPSA) is 118 Å². The molecule has 28 heavy (non-hydrogen) atoms. The first-order chi connectivity index (χ1) is 12.7. The van der Waals surface area contributed by atoms with Gasteiger partial charge in [0.15, 0.2) is 16.6 Å². The average Bonchev–Trinajstić information content (AvgIpc) is 3.02. The van der Waals surface area contributed by atoms with Crippen LogP contribution in [0.15, 0.2) is 0 Å². The summed E-state index contributed by atoms with van der Waals surface area (Å²) in [7, 11) is -5.69. The number of amides is 6. The minimum atomic E-state index is -2.85. The van der Waals surface area contributed by atoms with Crippen LogP contribution < -0.4 is 0 Å². The van der Waals surface area contributed by atoms with Gasteiger partial charge in [-0.25, -0.2) is 9.80 Å². The van der Waals surface area contributed by atoms with Crippen LogP contribution in [0.5, 0.6) is 0 Å². The average molecular weight is 427 g/mol. The van der Waals surface area contributed by atoms with Crippen LogP contribution in [-0.4, -0.2) is 61.9 Å². The van der Waals surface area contributed by atoms with E-state index >= 15 is 0 Å². The lowest BCUT2D eigenvalue weighted by Crippen LogP contribution is -2.53. The zero-order chi connectivity index (χ0) is 21.6. The summed E-state index contributed by atoms with van der Waals surface area (Å²) in [5.41, 5.74) is -1.45. The molecule has 2 rings (SSSR count). The molecule has 2 aliphatic heterocycles. The van der Waals surface area contributed by atoms with E-state index in [1.165, 1.54) is 0 Å². The molecule has 0 aromatic heterocycles. The fourth-order valence-electron chi connectivity index (χ4n) is 3.92. The van der Waals surface area contributed by atoms with Gasteiger partial charge in [0.1, 0.15) is 0 Å². The Hall–Kier alpha value is -1.99. The van der Waals surface area contributed by atoms with Crippen molar-refractivity contribution in [3.63, 3.8) is 0 Å². The molecule has 0 aliphatic carbocycles. The van der Waals surface area contributed by atoms with E-state index in [1.807, 2.05) is 0 Å². The molecule has 2 saturated heterocycles. The Morgan fingerprint density at radius 3 is 1.64 bits per heavy atom. The molecule has 0 bridgehead atoms. The first-order valence-electron chi connectivity index (χ1n) is 9.21. The van der Waals surface area contributed by atoms with E-state index in [1.54, 1.807) is 33.1 Å². The van der Waals surface area contributed by atoms with Gasteiger partial charge in [0.25, 0.3) is 0 Å². The Morgan fingerprint density at radius 2 is 1.29 bits per heavy atom. The maximum absolute atomic E-state index is 12.7. The number of nitrogens with zero attached hydrogens (tertiary/aromatic N) is 2. The molecular formula is C17H26N2O7Si2. The largest absolute Gasteiger partial charge is 0.454 e. The number of hydrogen-bond donors (Lipinski definition) is 0. The van der Waals surface area contributed by atoms with E-state index in [0.29, 0.717) is 9.80 Å². The van der Waals surface area contributed by atoms with Crippen molar-refractivity contribution in [1.29, 1.82) is 0 Å². The van der Waals surface area contributed by atoms with Gasteiger partial charge in [0.05, 0.1) is 11.1 Å². The molecule has 0 aromatic rings. The summed E-state index contributed by atoms with van der Waals surface area (Å²) in [6, 6.07) is 0. The van der Waals surface area contributed by atoms with Crippen LogP contribution in [0.3, 0.4) is 0 Å². The second-order valence-electron chi connectivity index (χ2n) is 8.22. The molecule has 0 N–H and O–H groups in total. The molecule has 2 atom stereocenters. The summed E-state index contributed by atoms with van der Waals surface area (Å²) in [5, 5.41) is 0. The molecule has 11 heteroatoms. The second-order valence-corrected chi connectivity index (χ2v) is 16.8. The maximum Gasteiger partial charge on any atom is 0.239 e. The van der Waals surface area contributed by atoms with Crippen molar-refractivity contribution in [3.05, 3.63) is 0 Å². The Labute approximate surface area is 165 Å². The van der Waals surface area contributed by atoms with E-state index in [0.717, 1.165) is 6.92 Å². The summed E-state index contributed by atoms with van der Waals surface area (Å²) in [6.45, 7) is 9.85. The van der Waals surface area contributed by atoms with Gasteiger partial charge in [-0.15, -0.1) is 0 Å². The summed E-state index contributed by atoms with van der Waals surface area (Å²) in [4.78, 5) is 74.4. The van der Waals surface area contributed by atoms with Gasteiger partial charge < -0.3 is 4.12 Å². The molecule has 0 radical (unpaired) electrons. The van der Waals surface area contributed by atoms with Crippen LogP contribution in [0.25, 0.3) is 0 Å². The van der Waals surface area contributed by atoms with Gasteiger partial charge in [0, 0.05) is 26.2 Å². The van der Waals surface area contributed by atoms with Crippen molar-refractivity contribution in [2.24, 2.45) is 0 Å². The molecule has 2 aliphatic rings. The molecule has 2 fully saturated rings. The molecular weight excluding hydrogens is 400 g/mol. The van der Waals surface area contributed by atoms with Crippen molar-refractivity contribution >= 4 is 52.1 Å². The van der Waals surface area contributed by atoms with Gasteiger partial charge in [-0.3, -0.25) is 28.8 Å². The van der Waals surface area contributed by atoms with E-state index < -0.39 is 63.2 Å². The Kier molecular flexibility index (Phi) is 5.93. The number of hydrogen-bond acceptors (Lipinski definition) is 7. The van der Waals surface area contributed by atoms with Crippen molar-refractivity contribution in [3.8, 4) is 0 Å². The first kappa shape index (κ1) is 22.3. The van der Waals surface area contributed by atoms with Crippen molar-refractivity contribution in [2.75, 3.05) is 0 Å². The lowest BCUT2D eigenvalue weighted by Gasteiger charge is -2.38. The van der Waals surface area contributed by atoms with Gasteiger partial charge in [-0.05, 0) is 26.2 Å². The number of likely N-dealkylation sites (tertiary alicyclic amines) is 2. The second kappa shape index (κ2) is 7.45. The van der Waals surface area contributed by atoms with Crippen LogP contribution >= 0.6 is 0 Å². The van der Waals surface area contributed by atoms with E-state index in [-0.39, 0.29) is 19.3 Å². The van der Waals surface area contributed by atoms with Crippen LogP contribution in [-0.2, 0) is 32.9 Å². The van der Waals surface area contributed by atoms with Crippen molar-refractivity contribution < 1.29 is 32.9 Å². The number of carbonyl (C=O) groups excluding carboxylic acids is 6. The van der Waals surface area contributed by atoms with E-state index in [9.17, 15) is 28.8 Å². The number of imide groups is 6. The zero-order valence-corrected chi connectivity index (χ0v) is 19.0. The van der Waals surface area contributed by atoms with Crippen LogP contribution in [0.4, 0.5) is 0 Å². The zero-order valence-electron chi connectivity index (χ0n) is 17.0. The quantitative estimate of drug-likeness (QED) is 0.478. The molecule has 6 amide bonds. The van der Waals surface area contributed by atoms with Gasteiger partial charge in [0.2, 0.25) is 35.4 Å². The molecule has 9 nitrogen and oxygen atoms in total. The summed E-state index contributed by atoms with van der Waals surface area (Å²) in [6.07, 6.45) is -0.141. The molecule has 0 saturated carbocycles. The third-order valence-corrected chi connectivity index (χ3v) is 13.8. The summed E-state index contributed by atoms with van der Waals surface area (Å²) < 4.78 is 6.38. The van der Waals surface area contributed by atoms with E-state index in [2.05, 4.69) is 0 Å². The van der Waals surface area contributed by atoms with Crippen LogP contribution in [0, 0.1) is 0 Å². The highest BCUT2D eigenvalue weighted by Crippen LogP contribution is 2.41. The van der Waals surface area contributed by atoms with Crippen LogP contribution in [0.2, 0.25) is 37.3 Å². The van der Waals surface area contributed by atoms with Crippen molar-refractivity contribution in [2.45, 2.75) is 70.4 Å². The van der Waals surface area contributed by atoms with Gasteiger partial charge >= 0.3 is 0 Å². The number of carbonyl (C=O) groups is 6. The van der Waals surface area contributed by atoms with E-state index in [4.69, 9.17) is 4.12 Å². The predicted molar refractivity (Wildman–Crippen MR) is 102 cm³/mol. The highest BCUT2D eigenvalue weighted by atomic mass is 28.4. The maximum atomic E-state index is 12.7. The Balaban J connectivity index is 2.23. The van der Waals surface area contributed by atoms with Crippen LogP contribution in [0.1, 0.15) is 33.1 Å². The minimum Gasteiger partial charge on any atom is -0.454 e. The Morgan fingerprint density at radius 1 is 0.893 bits per heavy atom. The smallest absolute Gasteiger partial charge is 0.239 e. The Bertz CT molecular complexity index is 777. The third-order valence-electron chi connectivity index (χ3n) is 5.36. The van der Waals surface area contributed by atoms with Crippen molar-refractivity contribution in [1.82, 2.24) is 9.80 Å². The molecule has 154 valence electrons. The lowest BCUT2D eigenvalue weighted by atomic mass is 10.3. The highest BCUT2D eigenvalue weighted by molar-refractivity contribution is 6.89. The monoisotopic (exact) mass is 426 g/mol. The van der Waals surface area contributed by atoms with Gasteiger partial charge in [-0.2, -0.15) is 0 Å². The molecule has 0 spiro atoms. The molecule has 2 unspecified atom stereocenters. The fraction of sp³-hybridized carbons (Fsp3) is 0.647. The number of rotatable bonds is 5. The standard InChI is InChI=1S/C17H26N2O7Si2/c1-7-13(21)19-15(23)9-12(17(19)25)28(5,6)26-27(3,4)11-8-14(22)18(10(2)20)16(11)24/h11-12H,7-9H2,1-6H3. The summed E-state index contributed by atoms with van der Waals surface area (Å²) in [5.74, 6) is -3.33. The minimum absolute atomic E-state index is 0.0485.